The number of carbonyl (C=O) groups is 1. The molecule has 2 rings (SSSR count). The fourth-order valence-corrected chi connectivity index (χ4v) is 3.96. The molecule has 4 unspecified atom stereocenters. The molecule has 122 valence electrons. The summed E-state index contributed by atoms with van der Waals surface area (Å²) < 4.78 is 11.7. The third-order valence-corrected chi connectivity index (χ3v) is 6.15. The number of amides is 1. The van der Waals surface area contributed by atoms with Crippen LogP contribution in [0.1, 0.15) is 52.9 Å². The Bertz CT molecular complexity index is 394. The Balaban J connectivity index is 2.10. The zero-order chi connectivity index (χ0) is 15.6. The van der Waals surface area contributed by atoms with Gasteiger partial charge in [-0.1, -0.05) is 26.7 Å². The third-order valence-electron chi connectivity index (χ3n) is 4.86. The van der Waals surface area contributed by atoms with Crippen molar-refractivity contribution in [3.63, 3.8) is 0 Å². The number of nitrogens with zero attached hydrogens (tertiary/aromatic N) is 1. The first kappa shape index (κ1) is 16.9. The highest BCUT2D eigenvalue weighted by Gasteiger charge is 2.43. The van der Waals surface area contributed by atoms with Crippen LogP contribution in [0, 0.1) is 11.8 Å². The number of hydrogen-bond acceptors (Lipinski definition) is 3. The second kappa shape index (κ2) is 7.23. The highest BCUT2D eigenvalue weighted by atomic mass is 32.2. The van der Waals surface area contributed by atoms with Crippen LogP contribution in [0.5, 0.6) is 0 Å². The summed E-state index contributed by atoms with van der Waals surface area (Å²) in [7, 11) is -0.881. The maximum Gasteiger partial charge on any atom is 0.241 e. The van der Waals surface area contributed by atoms with E-state index in [-0.39, 0.29) is 23.4 Å². The molecule has 1 amide bonds. The van der Waals surface area contributed by atoms with Crippen LogP contribution >= 0.6 is 0 Å². The number of hydrogen-bond donors (Lipinski definition) is 1. The van der Waals surface area contributed by atoms with Crippen LogP contribution in [0.15, 0.2) is 0 Å². The molecule has 1 N–H and O–H groups in total. The molecule has 0 spiro atoms. The lowest BCUT2D eigenvalue weighted by Gasteiger charge is -2.30. The monoisotopic (exact) mass is 314 g/mol. The summed E-state index contributed by atoms with van der Waals surface area (Å²) in [6, 6.07) is -0.0481. The first-order valence-electron chi connectivity index (χ1n) is 8.29. The van der Waals surface area contributed by atoms with Crippen LogP contribution in [-0.2, 0) is 15.6 Å². The molecule has 2 fully saturated rings. The van der Waals surface area contributed by atoms with Crippen molar-refractivity contribution in [3.05, 3.63) is 0 Å². The molecule has 0 aromatic heterocycles. The maximum absolute atomic E-state index is 12.7. The average molecular weight is 314 g/mol. The van der Waals surface area contributed by atoms with E-state index in [0.717, 1.165) is 6.42 Å². The number of nitrogens with one attached hydrogen (secondary N) is 1. The fourth-order valence-electron chi connectivity index (χ4n) is 3.59. The summed E-state index contributed by atoms with van der Waals surface area (Å²) in [5, 5.41) is 3.63. The van der Waals surface area contributed by atoms with Gasteiger partial charge in [0.25, 0.3) is 0 Å². The first-order valence-corrected chi connectivity index (χ1v) is 9.91. The zero-order valence-electron chi connectivity index (χ0n) is 13.8. The van der Waals surface area contributed by atoms with Gasteiger partial charge in [-0.3, -0.25) is 14.3 Å². The smallest absolute Gasteiger partial charge is 0.241 e. The van der Waals surface area contributed by atoms with Gasteiger partial charge in [-0.2, -0.15) is 0 Å². The Labute approximate surface area is 131 Å². The molecule has 1 saturated heterocycles. The van der Waals surface area contributed by atoms with Gasteiger partial charge in [0.15, 0.2) is 0 Å². The lowest BCUT2D eigenvalue weighted by Crippen LogP contribution is -2.45. The quantitative estimate of drug-likeness (QED) is 0.817. The van der Waals surface area contributed by atoms with E-state index >= 15 is 0 Å². The Kier molecular flexibility index (Phi) is 5.83. The van der Waals surface area contributed by atoms with Crippen LogP contribution in [0.3, 0.4) is 0 Å². The molecule has 0 aromatic rings. The molecule has 0 radical (unpaired) electrons. The Morgan fingerprint density at radius 2 is 1.90 bits per heavy atom. The third kappa shape index (κ3) is 4.07. The summed E-state index contributed by atoms with van der Waals surface area (Å²) in [5.41, 5.74) is 0. The molecule has 1 aliphatic carbocycles. The van der Waals surface area contributed by atoms with Crippen molar-refractivity contribution in [2.75, 3.05) is 12.8 Å². The largest absolute Gasteiger partial charge is 0.324 e. The molecule has 4 nitrogen and oxygen atoms in total. The van der Waals surface area contributed by atoms with Gasteiger partial charge in [0.2, 0.25) is 5.91 Å². The van der Waals surface area contributed by atoms with E-state index in [4.69, 9.17) is 0 Å². The van der Waals surface area contributed by atoms with Crippen molar-refractivity contribution in [2.24, 2.45) is 11.8 Å². The predicted molar refractivity (Wildman–Crippen MR) is 87.4 cm³/mol. The molecule has 21 heavy (non-hydrogen) atoms. The maximum atomic E-state index is 12.7. The summed E-state index contributed by atoms with van der Waals surface area (Å²) in [6.07, 6.45) is 7.74. The molecule has 4 atom stereocenters. The average Bonchev–Trinajstić information content (AvgIpc) is 3.01. The minimum atomic E-state index is -0.881. The van der Waals surface area contributed by atoms with Crippen molar-refractivity contribution in [3.8, 4) is 0 Å². The van der Waals surface area contributed by atoms with Crippen molar-refractivity contribution < 1.29 is 9.00 Å². The van der Waals surface area contributed by atoms with E-state index in [1.165, 1.54) is 25.7 Å². The lowest BCUT2D eigenvalue weighted by atomic mass is 10.0. The Morgan fingerprint density at radius 1 is 1.29 bits per heavy atom. The van der Waals surface area contributed by atoms with Gasteiger partial charge in [-0.05, 0) is 38.0 Å². The molecular weight excluding hydrogens is 284 g/mol. The second-order valence-electron chi connectivity index (χ2n) is 7.14. The fraction of sp³-hybridized carbons (Fsp3) is 0.938. The Hall–Kier alpha value is -0.420. The van der Waals surface area contributed by atoms with Gasteiger partial charge in [0.1, 0.15) is 0 Å². The molecule has 0 aromatic carbocycles. The van der Waals surface area contributed by atoms with E-state index in [1.807, 2.05) is 11.8 Å². The Morgan fingerprint density at radius 3 is 2.43 bits per heavy atom. The van der Waals surface area contributed by atoms with Crippen molar-refractivity contribution >= 4 is 16.7 Å². The molecular formula is C16H30N2O2S. The molecule has 1 aliphatic heterocycles. The van der Waals surface area contributed by atoms with Crippen LogP contribution < -0.4 is 5.32 Å². The lowest BCUT2D eigenvalue weighted by molar-refractivity contribution is -0.130. The van der Waals surface area contributed by atoms with Crippen LogP contribution in [0.2, 0.25) is 0 Å². The minimum Gasteiger partial charge on any atom is -0.324 e. The topological polar surface area (TPSA) is 49.4 Å². The summed E-state index contributed by atoms with van der Waals surface area (Å²) in [5.74, 6) is 1.30. The molecule has 0 bridgehead atoms. The number of carbonyl (C=O) groups excluding carboxylic acids is 1. The minimum absolute atomic E-state index is 0.0393. The SMILES string of the molecule is CC(C)CC1NC(C2CCCC2)N(CC(C)S(C)=O)C1=O. The van der Waals surface area contributed by atoms with Crippen molar-refractivity contribution in [1.82, 2.24) is 10.2 Å². The highest BCUT2D eigenvalue weighted by molar-refractivity contribution is 7.84. The van der Waals surface area contributed by atoms with E-state index < -0.39 is 10.8 Å². The van der Waals surface area contributed by atoms with Crippen molar-refractivity contribution in [1.29, 1.82) is 0 Å². The molecule has 5 heteroatoms. The van der Waals surface area contributed by atoms with Crippen LogP contribution in [0.25, 0.3) is 0 Å². The van der Waals surface area contributed by atoms with Gasteiger partial charge < -0.3 is 4.90 Å². The summed E-state index contributed by atoms with van der Waals surface area (Å²) in [6.45, 7) is 6.91. The van der Waals surface area contributed by atoms with Gasteiger partial charge in [-0.15, -0.1) is 0 Å². The molecule has 1 saturated carbocycles. The summed E-state index contributed by atoms with van der Waals surface area (Å²) >= 11 is 0. The highest BCUT2D eigenvalue weighted by Crippen LogP contribution is 2.33. The first-order chi connectivity index (χ1) is 9.90. The van der Waals surface area contributed by atoms with E-state index in [9.17, 15) is 9.00 Å². The zero-order valence-corrected chi connectivity index (χ0v) is 14.6. The molecule has 1 heterocycles. The second-order valence-corrected chi connectivity index (χ2v) is 8.94. The van der Waals surface area contributed by atoms with Gasteiger partial charge >= 0.3 is 0 Å². The standard InChI is InChI=1S/C16H30N2O2S/c1-11(2)9-14-16(19)18(10-12(3)21(4)20)15(17-14)13-7-5-6-8-13/h11-15,17H,5-10H2,1-4H3. The van der Waals surface area contributed by atoms with Crippen molar-refractivity contribution in [2.45, 2.75) is 70.3 Å². The van der Waals surface area contributed by atoms with Gasteiger partial charge in [0, 0.05) is 28.9 Å². The van der Waals surface area contributed by atoms with Crippen LogP contribution in [0.4, 0.5) is 0 Å². The number of rotatable bonds is 6. The summed E-state index contributed by atoms with van der Waals surface area (Å²) in [4.78, 5) is 14.7. The van der Waals surface area contributed by atoms with E-state index in [1.54, 1.807) is 6.26 Å². The van der Waals surface area contributed by atoms with E-state index in [0.29, 0.717) is 18.4 Å². The van der Waals surface area contributed by atoms with Gasteiger partial charge in [0.05, 0.1) is 12.2 Å². The predicted octanol–water partition coefficient (Wildman–Crippen LogP) is 2.12. The van der Waals surface area contributed by atoms with Gasteiger partial charge in [-0.25, -0.2) is 0 Å². The molecule has 2 aliphatic rings. The van der Waals surface area contributed by atoms with E-state index in [2.05, 4.69) is 19.2 Å². The normalized spacial score (nSPS) is 30.3. The van der Waals surface area contributed by atoms with Crippen LogP contribution in [-0.4, -0.2) is 45.3 Å².